The highest BCUT2D eigenvalue weighted by atomic mass is 32.1. The fourth-order valence-corrected chi connectivity index (χ4v) is 8.03. The molecular formula is C46H60O2S2. The van der Waals surface area contributed by atoms with E-state index >= 15 is 0 Å². The molecule has 2 nitrogen and oxygen atoms in total. The monoisotopic (exact) mass is 708 g/mol. The smallest absolute Gasteiger partial charge is 0.161 e. The molecule has 4 aromatic carbocycles. The van der Waals surface area contributed by atoms with Crippen molar-refractivity contribution in [3.8, 4) is 11.5 Å². The van der Waals surface area contributed by atoms with Crippen molar-refractivity contribution in [1.29, 1.82) is 0 Å². The molecule has 0 amide bonds. The van der Waals surface area contributed by atoms with Gasteiger partial charge in [0.05, 0.1) is 22.9 Å². The van der Waals surface area contributed by atoms with Gasteiger partial charge in [-0.3, -0.25) is 0 Å². The third kappa shape index (κ3) is 10.8. The van der Waals surface area contributed by atoms with E-state index in [0.29, 0.717) is 13.2 Å². The second-order valence-corrected chi connectivity index (χ2v) is 15.3. The normalized spacial score (nSPS) is 12.4. The molecule has 4 heteroatoms. The quantitative estimate of drug-likeness (QED) is 0.0469. The summed E-state index contributed by atoms with van der Waals surface area (Å²) in [5.41, 5.74) is 4.20. The van der Waals surface area contributed by atoms with E-state index < -0.39 is 0 Å². The van der Waals surface area contributed by atoms with Gasteiger partial charge >= 0.3 is 0 Å². The van der Waals surface area contributed by atoms with Gasteiger partial charge in [0.15, 0.2) is 11.5 Å². The highest BCUT2D eigenvalue weighted by Gasteiger charge is 2.26. The second-order valence-electron chi connectivity index (χ2n) is 14.5. The fourth-order valence-electron chi connectivity index (χ4n) is 7.36. The number of ether oxygens (including phenoxy) is 2. The summed E-state index contributed by atoms with van der Waals surface area (Å²) in [6, 6.07) is 21.6. The largest absolute Gasteiger partial charge is 0.490 e. The topological polar surface area (TPSA) is 18.5 Å². The zero-order chi connectivity index (χ0) is 35.0. The van der Waals surface area contributed by atoms with Crippen LogP contribution in [0.3, 0.4) is 0 Å². The van der Waals surface area contributed by atoms with E-state index in [1.807, 2.05) is 0 Å². The van der Waals surface area contributed by atoms with Crippen LogP contribution in [-0.4, -0.2) is 22.9 Å². The van der Waals surface area contributed by atoms with Crippen molar-refractivity contribution in [3.63, 3.8) is 0 Å². The van der Waals surface area contributed by atoms with Crippen molar-refractivity contribution in [1.82, 2.24) is 0 Å². The highest BCUT2D eigenvalue weighted by molar-refractivity contribution is 7.82. The maximum atomic E-state index is 6.48. The second kappa shape index (κ2) is 20.9. The highest BCUT2D eigenvalue weighted by Crippen LogP contribution is 2.38. The molecule has 0 aromatic heterocycles. The number of hydrogen-bond acceptors (Lipinski definition) is 4. The first-order valence-electron chi connectivity index (χ1n) is 20.1. The molecule has 1 aliphatic carbocycles. The summed E-state index contributed by atoms with van der Waals surface area (Å²) in [5, 5.41) is 4.60. The van der Waals surface area contributed by atoms with E-state index in [-0.39, 0.29) is 0 Å². The summed E-state index contributed by atoms with van der Waals surface area (Å²) in [6.07, 6.45) is 26.3. The molecule has 0 aliphatic heterocycles. The lowest BCUT2D eigenvalue weighted by Gasteiger charge is -2.23. The minimum Gasteiger partial charge on any atom is -0.490 e. The Kier molecular flexibility index (Phi) is 16.0. The first-order valence-corrected chi connectivity index (χ1v) is 20.9. The van der Waals surface area contributed by atoms with Gasteiger partial charge in [0.2, 0.25) is 0 Å². The molecule has 0 heterocycles. The molecule has 50 heavy (non-hydrogen) atoms. The van der Waals surface area contributed by atoms with Gasteiger partial charge in [-0.15, -0.1) is 0 Å². The Balaban J connectivity index is 1.23. The van der Waals surface area contributed by atoms with Crippen molar-refractivity contribution in [2.24, 2.45) is 0 Å². The maximum Gasteiger partial charge on any atom is 0.161 e. The molecule has 0 unspecified atom stereocenters. The zero-order valence-electron chi connectivity index (χ0n) is 31.0. The summed E-state index contributed by atoms with van der Waals surface area (Å²) in [7, 11) is 0. The molecule has 0 spiro atoms. The van der Waals surface area contributed by atoms with Gasteiger partial charge < -0.3 is 9.47 Å². The van der Waals surface area contributed by atoms with Crippen molar-refractivity contribution >= 4 is 55.7 Å². The number of thiocarbonyl (C=S) groups is 2. The predicted molar refractivity (Wildman–Crippen MR) is 224 cm³/mol. The predicted octanol–water partition coefficient (Wildman–Crippen LogP) is 14.4. The van der Waals surface area contributed by atoms with E-state index in [4.69, 9.17) is 33.9 Å². The van der Waals surface area contributed by atoms with Gasteiger partial charge in [0, 0.05) is 22.3 Å². The van der Waals surface area contributed by atoms with Crippen LogP contribution in [0.1, 0.15) is 165 Å². The van der Waals surface area contributed by atoms with Gasteiger partial charge in [0.25, 0.3) is 0 Å². The van der Waals surface area contributed by atoms with Crippen LogP contribution in [0.4, 0.5) is 0 Å². The summed E-state index contributed by atoms with van der Waals surface area (Å²) in [6.45, 7) is 5.99. The van der Waals surface area contributed by atoms with Crippen molar-refractivity contribution in [2.75, 3.05) is 13.2 Å². The van der Waals surface area contributed by atoms with Crippen molar-refractivity contribution in [2.45, 2.75) is 142 Å². The van der Waals surface area contributed by atoms with Gasteiger partial charge in [-0.05, 0) is 70.8 Å². The SMILES string of the molecule is CCCCCCCCCCCCOc1cc2cc3c(cc2cc1OCCCCCCCCCCCC)C(=S)c1cc2ccccc2cc1C3=S. The lowest BCUT2D eigenvalue weighted by Crippen LogP contribution is -2.19. The number of unbranched alkanes of at least 4 members (excludes halogenated alkanes) is 18. The van der Waals surface area contributed by atoms with Gasteiger partial charge in [-0.25, -0.2) is 0 Å². The Hall–Kier alpha value is -2.82. The van der Waals surface area contributed by atoms with E-state index in [9.17, 15) is 0 Å². The van der Waals surface area contributed by atoms with Crippen LogP contribution >= 0.6 is 24.4 Å². The van der Waals surface area contributed by atoms with Crippen LogP contribution in [0.2, 0.25) is 0 Å². The van der Waals surface area contributed by atoms with Crippen LogP contribution in [0.15, 0.2) is 60.7 Å². The average Bonchev–Trinajstić information content (AvgIpc) is 3.14. The zero-order valence-corrected chi connectivity index (χ0v) is 32.6. The molecule has 1 aliphatic rings. The Bertz CT molecular complexity index is 1570. The van der Waals surface area contributed by atoms with Crippen LogP contribution in [0.5, 0.6) is 11.5 Å². The van der Waals surface area contributed by atoms with Crippen LogP contribution in [0.25, 0.3) is 21.5 Å². The minimum atomic E-state index is 0.713. The van der Waals surface area contributed by atoms with E-state index in [1.54, 1.807) is 0 Å². The van der Waals surface area contributed by atoms with Crippen molar-refractivity contribution in [3.05, 3.63) is 82.9 Å². The van der Waals surface area contributed by atoms with Crippen LogP contribution in [-0.2, 0) is 0 Å². The molecule has 0 saturated heterocycles. The van der Waals surface area contributed by atoms with Crippen LogP contribution < -0.4 is 9.47 Å². The molecule has 4 aromatic rings. The first kappa shape index (κ1) is 38.4. The number of benzene rings is 4. The lowest BCUT2D eigenvalue weighted by molar-refractivity contribution is 0.259. The molecule has 0 N–H and O–H groups in total. The average molecular weight is 709 g/mol. The summed E-state index contributed by atoms with van der Waals surface area (Å²) in [5.74, 6) is 1.69. The lowest BCUT2D eigenvalue weighted by atomic mass is 9.83. The van der Waals surface area contributed by atoms with Gasteiger partial charge in [-0.2, -0.15) is 0 Å². The van der Waals surface area contributed by atoms with Gasteiger partial charge in [0.1, 0.15) is 0 Å². The minimum absolute atomic E-state index is 0.713. The van der Waals surface area contributed by atoms with Gasteiger partial charge in [-0.1, -0.05) is 178 Å². The molecule has 0 saturated carbocycles. The Morgan fingerprint density at radius 1 is 0.380 bits per heavy atom. The molecule has 0 radical (unpaired) electrons. The number of hydrogen-bond donors (Lipinski definition) is 0. The first-order chi connectivity index (χ1) is 24.6. The van der Waals surface area contributed by atoms with E-state index in [0.717, 1.165) is 67.1 Å². The fraction of sp³-hybridized carbons (Fsp3) is 0.522. The van der Waals surface area contributed by atoms with E-state index in [2.05, 4.69) is 74.5 Å². The Morgan fingerprint density at radius 2 is 0.680 bits per heavy atom. The molecule has 5 rings (SSSR count). The number of fused-ring (bicyclic) bond motifs is 4. The van der Waals surface area contributed by atoms with Crippen molar-refractivity contribution < 1.29 is 9.47 Å². The maximum absolute atomic E-state index is 6.48. The summed E-state index contributed by atoms with van der Waals surface area (Å²) >= 11 is 12.2. The van der Waals surface area contributed by atoms with Crippen LogP contribution in [0, 0.1) is 0 Å². The number of rotatable bonds is 24. The molecule has 0 fully saturated rings. The molecule has 0 bridgehead atoms. The summed E-state index contributed by atoms with van der Waals surface area (Å²) in [4.78, 5) is 1.73. The third-order valence-electron chi connectivity index (χ3n) is 10.4. The third-order valence-corrected chi connectivity index (χ3v) is 11.3. The Morgan fingerprint density at radius 3 is 1.02 bits per heavy atom. The molecule has 0 atom stereocenters. The molecular weight excluding hydrogens is 649 g/mol. The van der Waals surface area contributed by atoms with E-state index in [1.165, 1.54) is 126 Å². The standard InChI is InChI=1S/C46H60O2S2/c1-3-5-7-9-11-13-15-17-19-23-27-47-43-33-37-31-41-42(46(50)40-30-36-26-22-21-25-35(36)29-39(40)45(41)49)32-38(37)34-44(43)48-28-24-20-18-16-14-12-10-8-6-4-2/h21-22,25-26,29-34H,3-20,23-24,27-28H2,1-2H3. The molecule has 268 valence electrons. The Labute approximate surface area is 313 Å². The summed E-state index contributed by atoms with van der Waals surface area (Å²) < 4.78 is 13.0.